The minimum Gasteiger partial charge on any atom is -0.459 e. The fraction of sp³-hybridized carbons (Fsp3) is 0.944. The van der Waals surface area contributed by atoms with Crippen molar-refractivity contribution in [2.24, 2.45) is 23.7 Å². The van der Waals surface area contributed by atoms with Crippen molar-refractivity contribution in [1.82, 2.24) is 4.90 Å². The zero-order chi connectivity index (χ0) is 38.1. The van der Waals surface area contributed by atoms with Gasteiger partial charge in [0.25, 0.3) is 0 Å². The van der Waals surface area contributed by atoms with E-state index >= 15 is 0 Å². The topological polar surface area (TPSA) is 194 Å². The van der Waals surface area contributed by atoms with E-state index < -0.39 is 101 Å². The van der Waals surface area contributed by atoms with Gasteiger partial charge in [-0.25, -0.2) is 0 Å². The summed E-state index contributed by atoms with van der Waals surface area (Å²) in [5.74, 6) is -4.95. The number of methoxy groups -OCH3 is 1. The first kappa shape index (κ1) is 43.1. The third-order valence-electron chi connectivity index (χ3n) is 11.5. The van der Waals surface area contributed by atoms with Crippen molar-refractivity contribution >= 4 is 11.8 Å². The predicted molar refractivity (Wildman–Crippen MR) is 182 cm³/mol. The van der Waals surface area contributed by atoms with Gasteiger partial charge >= 0.3 is 5.97 Å². The molecule has 0 amide bonds. The van der Waals surface area contributed by atoms with Crippen LogP contribution in [0.25, 0.3) is 0 Å². The number of aliphatic hydroxyl groups excluding tert-OH is 3. The molecule has 0 aromatic carbocycles. The van der Waals surface area contributed by atoms with Gasteiger partial charge in [0, 0.05) is 37.3 Å². The first-order valence-corrected chi connectivity index (χ1v) is 18.0. The van der Waals surface area contributed by atoms with Crippen LogP contribution in [0.4, 0.5) is 0 Å². The summed E-state index contributed by atoms with van der Waals surface area (Å²) in [6.45, 7) is 14.5. The van der Waals surface area contributed by atoms with Gasteiger partial charge < -0.3 is 58.9 Å². The summed E-state index contributed by atoms with van der Waals surface area (Å²) in [6, 6.07) is -0.321. The molecule has 0 spiro atoms. The molecule has 0 bridgehead atoms. The summed E-state index contributed by atoms with van der Waals surface area (Å²) in [4.78, 5) is 29.7. The van der Waals surface area contributed by atoms with Crippen molar-refractivity contribution in [3.63, 3.8) is 0 Å². The molecule has 14 heteroatoms. The predicted octanol–water partition coefficient (Wildman–Crippen LogP) is 1.40. The molecule has 3 rings (SSSR count). The SMILES string of the molecule is CC[C@H]1OC(=O)[C@H](C)[C@@H](OC2C[C@@](C)(OC)C(O)CO2)[C@H](C)[C@@H](OC2O[C@H](C)C[C@H](N(C)C)[C@H]2O)[C@](C)(O)C[C@@H](C)C(=O)[C@H](C)[C@@H](O)[C@]1(C)O. The first-order chi connectivity index (χ1) is 23.0. The molecule has 0 aromatic rings. The van der Waals surface area contributed by atoms with Crippen molar-refractivity contribution in [1.29, 1.82) is 0 Å². The Morgan fingerprint density at radius 2 is 1.56 bits per heavy atom. The van der Waals surface area contributed by atoms with Crippen molar-refractivity contribution in [2.45, 2.75) is 166 Å². The largest absolute Gasteiger partial charge is 0.459 e. The fourth-order valence-corrected chi connectivity index (χ4v) is 8.02. The third kappa shape index (κ3) is 9.25. The molecule has 5 N–H and O–H groups in total. The summed E-state index contributed by atoms with van der Waals surface area (Å²) < 4.78 is 36.6. The van der Waals surface area contributed by atoms with Crippen LogP contribution < -0.4 is 0 Å². The van der Waals surface area contributed by atoms with Gasteiger partial charge in [0.05, 0.1) is 48.1 Å². The van der Waals surface area contributed by atoms with Crippen LogP contribution in [0.2, 0.25) is 0 Å². The number of ether oxygens (including phenoxy) is 6. The normalized spacial score (nSPS) is 49.0. The van der Waals surface area contributed by atoms with Gasteiger partial charge in [0.1, 0.15) is 29.7 Å². The van der Waals surface area contributed by atoms with E-state index in [1.54, 1.807) is 34.6 Å². The summed E-state index contributed by atoms with van der Waals surface area (Å²) in [6.07, 6.45) is -8.89. The van der Waals surface area contributed by atoms with E-state index in [2.05, 4.69) is 0 Å². The molecule has 3 saturated heterocycles. The van der Waals surface area contributed by atoms with Crippen molar-refractivity contribution in [3.05, 3.63) is 0 Å². The van der Waals surface area contributed by atoms with Crippen LogP contribution in [-0.2, 0) is 38.0 Å². The minimum absolute atomic E-state index is 0.102. The third-order valence-corrected chi connectivity index (χ3v) is 11.5. The number of hydrogen-bond donors (Lipinski definition) is 5. The molecular weight excluding hydrogens is 654 g/mol. The lowest BCUT2D eigenvalue weighted by Crippen LogP contribution is -2.60. The summed E-state index contributed by atoms with van der Waals surface area (Å²) in [5, 5.41) is 57.2. The molecule has 17 atom stereocenters. The zero-order valence-electron chi connectivity index (χ0n) is 32.1. The molecular formula is C36H65NO13. The maximum absolute atomic E-state index is 14.0. The maximum Gasteiger partial charge on any atom is 0.311 e. The molecule has 3 heterocycles. The Morgan fingerprint density at radius 3 is 2.12 bits per heavy atom. The lowest BCUT2D eigenvalue weighted by Gasteiger charge is -2.48. The highest BCUT2D eigenvalue weighted by atomic mass is 16.7. The zero-order valence-corrected chi connectivity index (χ0v) is 32.1. The number of likely N-dealkylation sites (N-methyl/N-ethyl adjacent to an activating group) is 1. The van der Waals surface area contributed by atoms with Crippen LogP contribution in [0, 0.1) is 23.7 Å². The Labute approximate surface area is 297 Å². The first-order valence-electron chi connectivity index (χ1n) is 18.0. The second-order valence-electron chi connectivity index (χ2n) is 16.0. The monoisotopic (exact) mass is 719 g/mol. The van der Waals surface area contributed by atoms with Crippen molar-refractivity contribution in [2.75, 3.05) is 27.8 Å². The van der Waals surface area contributed by atoms with Crippen molar-refractivity contribution < 1.29 is 63.5 Å². The molecule has 3 aliphatic heterocycles. The number of ketones is 1. The van der Waals surface area contributed by atoms with Gasteiger partial charge in [0.2, 0.25) is 0 Å². The molecule has 3 fully saturated rings. The van der Waals surface area contributed by atoms with E-state index in [4.69, 9.17) is 28.4 Å². The quantitative estimate of drug-likeness (QED) is 0.237. The van der Waals surface area contributed by atoms with E-state index in [9.17, 15) is 35.1 Å². The number of carbonyl (C=O) groups is 2. The van der Waals surface area contributed by atoms with Crippen LogP contribution in [0.15, 0.2) is 0 Å². The smallest absolute Gasteiger partial charge is 0.311 e. The Balaban J connectivity index is 2.16. The van der Waals surface area contributed by atoms with Gasteiger partial charge in [-0.3, -0.25) is 9.59 Å². The van der Waals surface area contributed by atoms with Gasteiger partial charge in [-0.1, -0.05) is 27.7 Å². The number of cyclic esters (lactones) is 1. The number of esters is 1. The number of carbonyl (C=O) groups excluding carboxylic acids is 2. The number of hydrogen-bond acceptors (Lipinski definition) is 14. The Kier molecular flexibility index (Phi) is 14.5. The van der Waals surface area contributed by atoms with E-state index in [-0.39, 0.29) is 38.0 Å². The van der Waals surface area contributed by atoms with Crippen LogP contribution >= 0.6 is 0 Å². The Morgan fingerprint density at radius 1 is 0.940 bits per heavy atom. The van der Waals surface area contributed by atoms with Crippen LogP contribution in [-0.4, -0.2) is 148 Å². The number of nitrogens with zero attached hydrogens (tertiary/aromatic N) is 1. The summed E-state index contributed by atoms with van der Waals surface area (Å²) in [7, 11) is 5.17. The van der Waals surface area contributed by atoms with E-state index in [1.165, 1.54) is 27.9 Å². The molecule has 0 saturated carbocycles. The van der Waals surface area contributed by atoms with Gasteiger partial charge in [-0.2, -0.15) is 0 Å². The lowest BCUT2D eigenvalue weighted by molar-refractivity contribution is -0.311. The van der Waals surface area contributed by atoms with E-state index in [0.717, 1.165) is 0 Å². The molecule has 0 aliphatic carbocycles. The molecule has 3 unspecified atom stereocenters. The van der Waals surface area contributed by atoms with E-state index in [1.807, 2.05) is 25.9 Å². The van der Waals surface area contributed by atoms with Crippen molar-refractivity contribution in [3.8, 4) is 0 Å². The Hall–Kier alpha value is -1.30. The molecule has 14 nitrogen and oxygen atoms in total. The highest BCUT2D eigenvalue weighted by Crippen LogP contribution is 2.40. The molecule has 0 radical (unpaired) electrons. The highest BCUT2D eigenvalue weighted by Gasteiger charge is 2.53. The average Bonchev–Trinajstić information content (AvgIpc) is 3.04. The fourth-order valence-electron chi connectivity index (χ4n) is 8.02. The van der Waals surface area contributed by atoms with Crippen LogP contribution in [0.5, 0.6) is 0 Å². The molecule has 3 aliphatic rings. The Bertz CT molecular complexity index is 1140. The van der Waals surface area contributed by atoms with Crippen LogP contribution in [0.3, 0.4) is 0 Å². The second kappa shape index (κ2) is 16.8. The van der Waals surface area contributed by atoms with Crippen LogP contribution in [0.1, 0.15) is 88.0 Å². The molecule has 292 valence electrons. The van der Waals surface area contributed by atoms with E-state index in [0.29, 0.717) is 6.42 Å². The molecule has 50 heavy (non-hydrogen) atoms. The molecule has 0 aromatic heterocycles. The average molecular weight is 720 g/mol. The van der Waals surface area contributed by atoms with Gasteiger partial charge in [0.15, 0.2) is 12.6 Å². The maximum atomic E-state index is 14.0. The summed E-state index contributed by atoms with van der Waals surface area (Å²) in [5.41, 5.74) is -4.80. The number of rotatable bonds is 7. The highest BCUT2D eigenvalue weighted by molar-refractivity contribution is 5.83. The number of Topliss-reactive ketones (excluding diaryl/α,β-unsaturated/α-hetero) is 1. The van der Waals surface area contributed by atoms with Gasteiger partial charge in [-0.05, 0) is 68.0 Å². The second-order valence-corrected chi connectivity index (χ2v) is 16.0. The lowest BCUT2D eigenvalue weighted by atomic mass is 9.74. The number of aliphatic hydroxyl groups is 5. The minimum atomic E-state index is -1.99. The standard InChI is InChI=1S/C36H65NO13/c1-13-25-36(9,44)30(41)20(4)27(39)18(2)15-34(7,43)31(50-33-28(40)23(37(10)11)14-19(3)47-33)21(5)29(22(6)32(42)48-25)49-26-16-35(8,45-12)24(38)17-46-26/h18-26,28-31,33,38,40-41,43-44H,13-17H2,1-12H3/t18-,19-,20+,21+,22-,23+,24?,25-,26?,28-,29+,30-,31-,33?,34-,35-,36-/m1/s1. The summed E-state index contributed by atoms with van der Waals surface area (Å²) >= 11 is 0. The van der Waals surface area contributed by atoms with Gasteiger partial charge in [-0.15, -0.1) is 0 Å².